The lowest BCUT2D eigenvalue weighted by molar-refractivity contribution is -0.121. The molecule has 0 spiro atoms. The smallest absolute Gasteiger partial charge is 0.321 e. The monoisotopic (exact) mass is 385 g/mol. The number of carbonyl (C=O) groups is 2. The van der Waals surface area contributed by atoms with Crippen LogP contribution in [-0.4, -0.2) is 29.9 Å². The molecule has 3 rings (SSSR count). The van der Waals surface area contributed by atoms with Crippen LogP contribution in [0.25, 0.3) is 0 Å². The molecule has 5 nitrogen and oxygen atoms in total. The van der Waals surface area contributed by atoms with Crippen LogP contribution in [0.5, 0.6) is 0 Å². The average Bonchev–Trinajstić information content (AvgIpc) is 2.70. The Bertz CT molecular complexity index is 772. The maximum Gasteiger partial charge on any atom is 0.321 e. The first-order valence-electron chi connectivity index (χ1n) is 9.20. The van der Waals surface area contributed by atoms with Crippen molar-refractivity contribution in [1.82, 2.24) is 4.90 Å². The Morgan fingerprint density at radius 1 is 0.963 bits per heavy atom. The topological polar surface area (TPSA) is 61.4 Å². The highest BCUT2D eigenvalue weighted by Crippen LogP contribution is 2.26. The van der Waals surface area contributed by atoms with Crippen molar-refractivity contribution in [2.24, 2.45) is 11.8 Å². The molecule has 0 bridgehead atoms. The normalized spacial score (nSPS) is 15.9. The van der Waals surface area contributed by atoms with Crippen molar-refractivity contribution in [3.05, 3.63) is 59.6 Å². The Morgan fingerprint density at radius 2 is 1.56 bits per heavy atom. The number of rotatable bonds is 4. The third-order valence-corrected chi connectivity index (χ3v) is 5.34. The molecule has 2 aromatic carbocycles. The molecule has 1 atom stereocenters. The molecule has 0 radical (unpaired) electrons. The Balaban J connectivity index is 1.48. The summed E-state index contributed by atoms with van der Waals surface area (Å²) in [4.78, 5) is 26.7. The summed E-state index contributed by atoms with van der Waals surface area (Å²) in [7, 11) is 0. The number of piperidine rings is 1. The number of urea groups is 1. The van der Waals surface area contributed by atoms with Gasteiger partial charge in [-0.25, -0.2) is 4.79 Å². The second-order valence-electron chi connectivity index (χ2n) is 6.91. The van der Waals surface area contributed by atoms with Crippen LogP contribution < -0.4 is 10.6 Å². The van der Waals surface area contributed by atoms with Crippen LogP contribution in [0.2, 0.25) is 5.02 Å². The fourth-order valence-corrected chi connectivity index (χ4v) is 3.46. The number of hydrogen-bond acceptors (Lipinski definition) is 2. The third kappa shape index (κ3) is 5.23. The van der Waals surface area contributed by atoms with E-state index in [1.165, 1.54) is 0 Å². The number of benzene rings is 2. The number of para-hydroxylation sites is 1. The van der Waals surface area contributed by atoms with Gasteiger partial charge in [0.05, 0.1) is 0 Å². The number of likely N-dealkylation sites (tertiary alicyclic amines) is 1. The first-order valence-corrected chi connectivity index (χ1v) is 9.58. The maximum atomic E-state index is 12.5. The molecule has 1 fully saturated rings. The number of nitrogens with one attached hydrogen (secondary N) is 2. The molecular formula is C21H24ClN3O2. The molecule has 2 aromatic rings. The van der Waals surface area contributed by atoms with Gasteiger partial charge in [0.1, 0.15) is 0 Å². The fraction of sp³-hybridized carbons (Fsp3) is 0.333. The van der Waals surface area contributed by atoms with Gasteiger partial charge in [-0.05, 0) is 55.2 Å². The number of anilines is 2. The minimum atomic E-state index is -0.111. The van der Waals surface area contributed by atoms with Crippen molar-refractivity contribution in [2.45, 2.75) is 19.8 Å². The second-order valence-corrected chi connectivity index (χ2v) is 7.34. The first-order chi connectivity index (χ1) is 13.0. The van der Waals surface area contributed by atoms with Crippen LogP contribution in [-0.2, 0) is 4.79 Å². The lowest BCUT2D eigenvalue weighted by atomic mass is 9.85. The highest BCUT2D eigenvalue weighted by Gasteiger charge is 2.29. The van der Waals surface area contributed by atoms with Crippen molar-refractivity contribution in [2.75, 3.05) is 23.7 Å². The zero-order valence-electron chi connectivity index (χ0n) is 15.3. The molecule has 27 heavy (non-hydrogen) atoms. The van der Waals surface area contributed by atoms with E-state index in [-0.39, 0.29) is 23.8 Å². The SMILES string of the molecule is CC(C(=O)Nc1ccc(Cl)cc1)C1CCN(C(=O)Nc2ccccc2)CC1. The first kappa shape index (κ1) is 19.2. The van der Waals surface area contributed by atoms with E-state index < -0.39 is 0 Å². The Kier molecular flexibility index (Phi) is 6.35. The van der Waals surface area contributed by atoms with Gasteiger partial charge in [0.25, 0.3) is 0 Å². The maximum absolute atomic E-state index is 12.5. The summed E-state index contributed by atoms with van der Waals surface area (Å²) in [5, 5.41) is 6.50. The lowest BCUT2D eigenvalue weighted by Crippen LogP contribution is -2.43. The standard InChI is InChI=1S/C21H24ClN3O2/c1-15(20(26)23-19-9-7-17(22)8-10-19)16-11-13-25(14-12-16)21(27)24-18-5-3-2-4-6-18/h2-10,15-16H,11-14H2,1H3,(H,23,26)(H,24,27). The van der Waals surface area contributed by atoms with Gasteiger partial charge in [-0.2, -0.15) is 0 Å². The van der Waals surface area contributed by atoms with Gasteiger partial charge in [0, 0.05) is 35.4 Å². The Morgan fingerprint density at radius 3 is 2.19 bits per heavy atom. The van der Waals surface area contributed by atoms with Gasteiger partial charge in [-0.1, -0.05) is 36.7 Å². The quantitative estimate of drug-likeness (QED) is 0.789. The van der Waals surface area contributed by atoms with Gasteiger partial charge >= 0.3 is 6.03 Å². The largest absolute Gasteiger partial charge is 0.326 e. The molecule has 1 heterocycles. The van der Waals surface area contributed by atoms with E-state index in [0.29, 0.717) is 18.1 Å². The van der Waals surface area contributed by atoms with Gasteiger partial charge < -0.3 is 15.5 Å². The molecule has 1 aliphatic heterocycles. The minimum absolute atomic E-state index is 0.00418. The summed E-state index contributed by atoms with van der Waals surface area (Å²) < 4.78 is 0. The summed E-state index contributed by atoms with van der Waals surface area (Å²) in [5.41, 5.74) is 1.54. The van der Waals surface area contributed by atoms with Crippen molar-refractivity contribution in [1.29, 1.82) is 0 Å². The van der Waals surface area contributed by atoms with Crippen molar-refractivity contribution in [3.63, 3.8) is 0 Å². The van der Waals surface area contributed by atoms with Gasteiger partial charge in [-0.3, -0.25) is 4.79 Å². The van der Waals surface area contributed by atoms with E-state index in [9.17, 15) is 9.59 Å². The molecule has 0 aliphatic carbocycles. The predicted octanol–water partition coefficient (Wildman–Crippen LogP) is 4.86. The van der Waals surface area contributed by atoms with Crippen molar-refractivity contribution >= 4 is 34.9 Å². The Hall–Kier alpha value is -2.53. The molecule has 3 amide bonds. The van der Waals surface area contributed by atoms with Gasteiger partial charge in [-0.15, -0.1) is 0 Å². The van der Waals surface area contributed by atoms with E-state index in [1.807, 2.05) is 42.2 Å². The molecule has 0 saturated carbocycles. The van der Waals surface area contributed by atoms with Crippen LogP contribution in [0.4, 0.5) is 16.2 Å². The van der Waals surface area contributed by atoms with Crippen LogP contribution in [0.1, 0.15) is 19.8 Å². The van der Waals surface area contributed by atoms with Crippen LogP contribution in [0.15, 0.2) is 54.6 Å². The summed E-state index contributed by atoms with van der Waals surface area (Å²) in [6.07, 6.45) is 1.63. The van der Waals surface area contributed by atoms with Gasteiger partial charge in [0.15, 0.2) is 0 Å². The molecule has 6 heteroatoms. The highest BCUT2D eigenvalue weighted by atomic mass is 35.5. The van der Waals surface area contributed by atoms with Crippen LogP contribution >= 0.6 is 11.6 Å². The molecule has 2 N–H and O–H groups in total. The Labute approximate surface area is 164 Å². The summed E-state index contributed by atoms with van der Waals surface area (Å²) in [6, 6.07) is 16.5. The van der Waals surface area contributed by atoms with Gasteiger partial charge in [0.2, 0.25) is 5.91 Å². The number of hydrogen-bond donors (Lipinski definition) is 2. The zero-order valence-corrected chi connectivity index (χ0v) is 16.1. The molecule has 1 unspecified atom stereocenters. The number of carbonyl (C=O) groups excluding carboxylic acids is 2. The average molecular weight is 386 g/mol. The van der Waals surface area contributed by atoms with Crippen LogP contribution in [0, 0.1) is 11.8 Å². The van der Waals surface area contributed by atoms with Crippen molar-refractivity contribution < 1.29 is 9.59 Å². The predicted molar refractivity (Wildman–Crippen MR) is 109 cm³/mol. The number of nitrogens with zero attached hydrogens (tertiary/aromatic N) is 1. The lowest BCUT2D eigenvalue weighted by Gasteiger charge is -2.34. The second kappa shape index (κ2) is 8.91. The van der Waals surface area contributed by atoms with E-state index >= 15 is 0 Å². The summed E-state index contributed by atoms with van der Waals surface area (Å²) >= 11 is 5.87. The van der Waals surface area contributed by atoms with E-state index in [0.717, 1.165) is 24.2 Å². The van der Waals surface area contributed by atoms with Crippen molar-refractivity contribution in [3.8, 4) is 0 Å². The minimum Gasteiger partial charge on any atom is -0.326 e. The molecule has 1 saturated heterocycles. The fourth-order valence-electron chi connectivity index (χ4n) is 3.33. The molecule has 142 valence electrons. The molecule has 0 aromatic heterocycles. The molecule has 1 aliphatic rings. The number of halogens is 1. The molecular weight excluding hydrogens is 362 g/mol. The third-order valence-electron chi connectivity index (χ3n) is 5.08. The van der Waals surface area contributed by atoms with E-state index in [4.69, 9.17) is 11.6 Å². The van der Waals surface area contributed by atoms with E-state index in [2.05, 4.69) is 10.6 Å². The zero-order chi connectivity index (χ0) is 19.2. The number of amides is 3. The van der Waals surface area contributed by atoms with Crippen LogP contribution in [0.3, 0.4) is 0 Å². The highest BCUT2D eigenvalue weighted by molar-refractivity contribution is 6.30. The summed E-state index contributed by atoms with van der Waals surface area (Å²) in [6.45, 7) is 3.26. The summed E-state index contributed by atoms with van der Waals surface area (Å²) in [5.74, 6) is 0.155. The van der Waals surface area contributed by atoms with E-state index in [1.54, 1.807) is 24.3 Å².